The van der Waals surface area contributed by atoms with Crippen LogP contribution in [0.15, 0.2) is 35.0 Å². The maximum Gasteiger partial charge on any atom is 0.407 e. The molecule has 37 heavy (non-hydrogen) atoms. The van der Waals surface area contributed by atoms with Gasteiger partial charge in [-0.3, -0.25) is 9.59 Å². The van der Waals surface area contributed by atoms with E-state index in [1.54, 1.807) is 48.3 Å². The molecule has 0 fully saturated rings. The first kappa shape index (κ1) is 30.1. The first-order chi connectivity index (χ1) is 17.5. The summed E-state index contributed by atoms with van der Waals surface area (Å²) >= 11 is 3.11. The third-order valence-corrected chi connectivity index (χ3v) is 6.70. The van der Waals surface area contributed by atoms with Crippen molar-refractivity contribution in [3.63, 3.8) is 0 Å². The van der Waals surface area contributed by atoms with Crippen LogP contribution >= 0.6 is 22.7 Å². The molecular weight excluding hydrogens is 516 g/mol. The number of carboxylic acid groups (broad SMARTS) is 1. The Bertz CT molecular complexity index is 953. The standard InChI is InChI=1S/C25H36N4O6S2/c1-25(2,3)35-24(34)27-12-5-4-10-20(28-23(33)26-13-11-21(30)31)22(32)29(16-18-8-6-14-36-18)17-19-9-7-15-37-19/h6-9,14-15,20H,4-5,10-13,16-17H2,1-3H3,(H,27,34)(H,30,31)(H2,26,28,33). The molecule has 0 saturated carbocycles. The molecule has 0 aliphatic carbocycles. The molecule has 10 nitrogen and oxygen atoms in total. The van der Waals surface area contributed by atoms with Gasteiger partial charge in [0.2, 0.25) is 5.91 Å². The van der Waals surface area contributed by atoms with Gasteiger partial charge in [0.15, 0.2) is 0 Å². The Hall–Kier alpha value is -3.12. The summed E-state index contributed by atoms with van der Waals surface area (Å²) in [7, 11) is 0. The number of hydrogen-bond acceptors (Lipinski definition) is 7. The summed E-state index contributed by atoms with van der Waals surface area (Å²) in [5, 5.41) is 20.6. The van der Waals surface area contributed by atoms with Crippen LogP contribution in [0.5, 0.6) is 0 Å². The SMILES string of the molecule is CC(C)(C)OC(=O)NCCCCC(NC(=O)NCCC(=O)O)C(=O)N(Cc1cccs1)Cc1cccs1. The molecule has 0 aromatic carbocycles. The summed E-state index contributed by atoms with van der Waals surface area (Å²) in [5.74, 6) is -1.25. The molecule has 0 aliphatic rings. The number of aliphatic carboxylic acids is 1. The second-order valence-corrected chi connectivity index (χ2v) is 11.4. The first-order valence-electron chi connectivity index (χ1n) is 12.1. The minimum Gasteiger partial charge on any atom is -0.481 e. The largest absolute Gasteiger partial charge is 0.481 e. The minimum atomic E-state index is -1.02. The van der Waals surface area contributed by atoms with Gasteiger partial charge in [0.05, 0.1) is 19.5 Å². The monoisotopic (exact) mass is 552 g/mol. The van der Waals surface area contributed by atoms with Crippen molar-refractivity contribution in [2.24, 2.45) is 0 Å². The molecule has 1 unspecified atom stereocenters. The zero-order valence-corrected chi connectivity index (χ0v) is 23.1. The number of alkyl carbamates (subject to hydrolysis) is 1. The number of nitrogens with one attached hydrogen (secondary N) is 3. The Kier molecular flexibility index (Phi) is 12.4. The van der Waals surface area contributed by atoms with E-state index in [2.05, 4.69) is 16.0 Å². The molecule has 12 heteroatoms. The molecule has 0 radical (unpaired) electrons. The molecule has 0 aliphatic heterocycles. The van der Waals surface area contributed by atoms with Gasteiger partial charge in [0.1, 0.15) is 11.6 Å². The Morgan fingerprint density at radius 3 is 2.11 bits per heavy atom. The molecule has 204 valence electrons. The van der Waals surface area contributed by atoms with Crippen LogP contribution in [0.4, 0.5) is 9.59 Å². The molecule has 4 amide bonds. The molecule has 4 N–H and O–H groups in total. The number of urea groups is 1. The topological polar surface area (TPSA) is 137 Å². The van der Waals surface area contributed by atoms with Crippen LogP contribution in [0.1, 0.15) is 56.2 Å². The van der Waals surface area contributed by atoms with Crippen LogP contribution in [-0.2, 0) is 27.4 Å². The highest BCUT2D eigenvalue weighted by Gasteiger charge is 2.27. The lowest BCUT2D eigenvalue weighted by Crippen LogP contribution is -2.51. The molecular formula is C25H36N4O6S2. The minimum absolute atomic E-state index is 0.0456. The predicted molar refractivity (Wildman–Crippen MR) is 144 cm³/mol. The second kappa shape index (κ2) is 15.2. The summed E-state index contributed by atoms with van der Waals surface area (Å²) in [4.78, 5) is 52.5. The van der Waals surface area contributed by atoms with Gasteiger partial charge in [-0.05, 0) is 62.9 Å². The predicted octanol–water partition coefficient (Wildman–Crippen LogP) is 4.18. The van der Waals surface area contributed by atoms with E-state index in [1.165, 1.54) is 0 Å². The zero-order chi connectivity index (χ0) is 27.3. The number of ether oxygens (including phenoxy) is 1. The summed E-state index contributed by atoms with van der Waals surface area (Å²) in [6.07, 6.45) is 0.779. The molecule has 0 saturated heterocycles. The zero-order valence-electron chi connectivity index (χ0n) is 21.5. The number of carboxylic acids is 1. The van der Waals surface area contributed by atoms with Crippen molar-refractivity contribution in [3.05, 3.63) is 44.8 Å². The van der Waals surface area contributed by atoms with Gasteiger partial charge in [-0.1, -0.05) is 12.1 Å². The number of carbonyl (C=O) groups is 4. The fourth-order valence-electron chi connectivity index (χ4n) is 3.34. The van der Waals surface area contributed by atoms with Crippen molar-refractivity contribution in [3.8, 4) is 0 Å². The summed E-state index contributed by atoms with van der Waals surface area (Å²) in [6.45, 7) is 6.50. The molecule has 0 spiro atoms. The molecule has 1 atom stereocenters. The van der Waals surface area contributed by atoms with Crippen LogP contribution in [0.25, 0.3) is 0 Å². The number of nitrogens with zero attached hydrogens (tertiary/aromatic N) is 1. The maximum atomic E-state index is 13.7. The molecule has 0 bridgehead atoms. The average Bonchev–Trinajstić information content (AvgIpc) is 3.50. The van der Waals surface area contributed by atoms with Crippen LogP contribution in [0.3, 0.4) is 0 Å². The smallest absolute Gasteiger partial charge is 0.407 e. The number of rotatable bonds is 14. The van der Waals surface area contributed by atoms with E-state index in [1.807, 2.05) is 35.0 Å². The van der Waals surface area contributed by atoms with Crippen LogP contribution in [0.2, 0.25) is 0 Å². The quantitative estimate of drug-likeness (QED) is 0.260. The van der Waals surface area contributed by atoms with Crippen molar-refractivity contribution in [1.29, 1.82) is 0 Å². The number of carbonyl (C=O) groups excluding carboxylic acids is 3. The summed E-state index contributed by atoms with van der Waals surface area (Å²) < 4.78 is 5.23. The van der Waals surface area contributed by atoms with Crippen molar-refractivity contribution in [2.45, 2.75) is 71.2 Å². The van der Waals surface area contributed by atoms with Gasteiger partial charge in [0.25, 0.3) is 0 Å². The van der Waals surface area contributed by atoms with Gasteiger partial charge >= 0.3 is 18.1 Å². The summed E-state index contributed by atoms with van der Waals surface area (Å²) in [5.41, 5.74) is -0.589. The van der Waals surface area contributed by atoms with Crippen LogP contribution < -0.4 is 16.0 Å². The molecule has 2 heterocycles. The Labute approximate surface area is 225 Å². The van der Waals surface area contributed by atoms with E-state index >= 15 is 0 Å². The van der Waals surface area contributed by atoms with Crippen molar-refractivity contribution >= 4 is 46.7 Å². The maximum absolute atomic E-state index is 13.7. The number of unbranched alkanes of at least 4 members (excludes halogenated alkanes) is 1. The Morgan fingerprint density at radius 2 is 1.59 bits per heavy atom. The first-order valence-corrected chi connectivity index (χ1v) is 13.9. The third kappa shape index (κ3) is 12.6. The van der Waals surface area contributed by atoms with Crippen molar-refractivity contribution in [2.75, 3.05) is 13.1 Å². The van der Waals surface area contributed by atoms with E-state index < -0.39 is 29.7 Å². The highest BCUT2D eigenvalue weighted by Crippen LogP contribution is 2.19. The van der Waals surface area contributed by atoms with Gasteiger partial charge in [0, 0.05) is 22.8 Å². The normalized spacial score (nSPS) is 11.9. The Balaban J connectivity index is 2.03. The lowest BCUT2D eigenvalue weighted by molar-refractivity contribution is -0.137. The number of hydrogen-bond donors (Lipinski definition) is 4. The number of thiophene rings is 2. The molecule has 2 aromatic rings. The van der Waals surface area contributed by atoms with Crippen LogP contribution in [0, 0.1) is 0 Å². The Morgan fingerprint density at radius 1 is 0.973 bits per heavy atom. The molecule has 2 aromatic heterocycles. The second-order valence-electron chi connectivity index (χ2n) is 9.37. The van der Waals surface area contributed by atoms with E-state index in [-0.39, 0.29) is 18.9 Å². The van der Waals surface area contributed by atoms with E-state index in [0.29, 0.717) is 38.9 Å². The lowest BCUT2D eigenvalue weighted by atomic mass is 10.1. The van der Waals surface area contributed by atoms with Crippen molar-refractivity contribution < 1.29 is 29.0 Å². The third-order valence-electron chi connectivity index (χ3n) is 4.98. The highest BCUT2D eigenvalue weighted by molar-refractivity contribution is 7.10. The average molecular weight is 553 g/mol. The van der Waals surface area contributed by atoms with Gasteiger partial charge in [-0.15, -0.1) is 22.7 Å². The van der Waals surface area contributed by atoms with Crippen LogP contribution in [-0.4, -0.2) is 58.7 Å². The number of amides is 4. The van der Waals surface area contributed by atoms with E-state index in [0.717, 1.165) is 9.75 Å². The fourth-order valence-corrected chi connectivity index (χ4v) is 4.78. The van der Waals surface area contributed by atoms with E-state index in [9.17, 15) is 19.2 Å². The van der Waals surface area contributed by atoms with Crippen molar-refractivity contribution in [1.82, 2.24) is 20.9 Å². The fraction of sp³-hybridized carbons (Fsp3) is 0.520. The van der Waals surface area contributed by atoms with Gasteiger partial charge in [-0.25, -0.2) is 9.59 Å². The van der Waals surface area contributed by atoms with E-state index in [4.69, 9.17) is 9.84 Å². The highest BCUT2D eigenvalue weighted by atomic mass is 32.1. The van der Waals surface area contributed by atoms with Gasteiger partial charge in [-0.2, -0.15) is 0 Å². The summed E-state index contributed by atoms with van der Waals surface area (Å²) in [6, 6.07) is 6.37. The van der Waals surface area contributed by atoms with Gasteiger partial charge < -0.3 is 30.7 Å². The lowest BCUT2D eigenvalue weighted by Gasteiger charge is -2.27. The molecule has 2 rings (SSSR count).